The van der Waals surface area contributed by atoms with Crippen molar-refractivity contribution in [3.8, 4) is 22.8 Å². The van der Waals surface area contributed by atoms with E-state index in [1.54, 1.807) is 42.3 Å². The number of hydrogen-bond acceptors (Lipinski definition) is 5. The van der Waals surface area contributed by atoms with Crippen LogP contribution in [0.25, 0.3) is 11.3 Å². The highest BCUT2D eigenvalue weighted by Crippen LogP contribution is 2.45. The lowest BCUT2D eigenvalue weighted by Crippen LogP contribution is -2.32. The zero-order chi connectivity index (χ0) is 19.8. The lowest BCUT2D eigenvalue weighted by Gasteiger charge is -2.26. The first-order chi connectivity index (χ1) is 13.5. The number of phenols is 2. The Morgan fingerprint density at radius 2 is 2.07 bits per heavy atom. The molecule has 2 heterocycles. The van der Waals surface area contributed by atoms with Crippen LogP contribution in [0.4, 0.5) is 0 Å². The maximum atomic E-state index is 13.0. The average Bonchev–Trinajstić information content (AvgIpc) is 3.21. The van der Waals surface area contributed by atoms with Crippen molar-refractivity contribution < 1.29 is 19.7 Å². The molecule has 2 aromatic carbocycles. The second-order valence-electron chi connectivity index (χ2n) is 6.51. The Morgan fingerprint density at radius 1 is 1.25 bits per heavy atom. The lowest BCUT2D eigenvalue weighted by atomic mass is 9.95. The van der Waals surface area contributed by atoms with Gasteiger partial charge in [-0.25, -0.2) is 0 Å². The van der Waals surface area contributed by atoms with Gasteiger partial charge in [-0.3, -0.25) is 9.89 Å². The molecule has 1 aromatic heterocycles. The number of aromatic hydroxyl groups is 2. The first-order valence-corrected chi connectivity index (χ1v) is 9.05. The number of amides is 1. The maximum Gasteiger partial charge on any atom is 0.273 e. The summed E-state index contributed by atoms with van der Waals surface area (Å²) in [6, 6.07) is 10.9. The van der Waals surface area contributed by atoms with Crippen molar-refractivity contribution in [3.05, 3.63) is 64.3 Å². The van der Waals surface area contributed by atoms with Crippen LogP contribution >= 0.6 is 11.6 Å². The summed E-state index contributed by atoms with van der Waals surface area (Å²) in [6.45, 7) is 0.718. The monoisotopic (exact) mass is 399 g/mol. The predicted octanol–water partition coefficient (Wildman–Crippen LogP) is 3.33. The van der Waals surface area contributed by atoms with Gasteiger partial charge in [0.15, 0.2) is 0 Å². The van der Waals surface area contributed by atoms with E-state index in [1.165, 1.54) is 6.07 Å². The van der Waals surface area contributed by atoms with E-state index in [2.05, 4.69) is 10.2 Å². The summed E-state index contributed by atoms with van der Waals surface area (Å²) in [5.41, 5.74) is 2.57. The number of phenolic OH excluding ortho intramolecular Hbond substituents is 2. The third-order valence-electron chi connectivity index (χ3n) is 4.80. The van der Waals surface area contributed by atoms with Crippen LogP contribution in [0.5, 0.6) is 11.5 Å². The SMILES string of the molecule is COCCN1C(=O)c2[nH]nc(-c3cc(Cl)ccc3O)c2C1c1cccc(O)c1. The number of carbonyl (C=O) groups excluding carboxylic acids is 1. The normalized spacial score (nSPS) is 15.9. The molecule has 0 saturated carbocycles. The van der Waals surface area contributed by atoms with Gasteiger partial charge >= 0.3 is 0 Å². The first kappa shape index (κ1) is 18.3. The van der Waals surface area contributed by atoms with Crippen LogP contribution in [0.1, 0.15) is 27.7 Å². The fraction of sp³-hybridized carbons (Fsp3) is 0.200. The Labute approximate surface area is 166 Å². The minimum atomic E-state index is -0.489. The summed E-state index contributed by atoms with van der Waals surface area (Å²) < 4.78 is 5.16. The largest absolute Gasteiger partial charge is 0.508 e. The van der Waals surface area contributed by atoms with Crippen LogP contribution in [0.2, 0.25) is 5.02 Å². The van der Waals surface area contributed by atoms with Crippen LogP contribution in [-0.2, 0) is 4.74 Å². The van der Waals surface area contributed by atoms with Gasteiger partial charge in [-0.05, 0) is 35.9 Å². The van der Waals surface area contributed by atoms with Crippen LogP contribution in [0, 0.1) is 0 Å². The van der Waals surface area contributed by atoms with Gasteiger partial charge in [-0.15, -0.1) is 0 Å². The first-order valence-electron chi connectivity index (χ1n) is 8.67. The van der Waals surface area contributed by atoms with E-state index in [0.29, 0.717) is 40.7 Å². The van der Waals surface area contributed by atoms with Gasteiger partial charge < -0.3 is 19.8 Å². The Bertz CT molecular complexity index is 1050. The number of ether oxygens (including phenoxy) is 1. The summed E-state index contributed by atoms with van der Waals surface area (Å²) in [5.74, 6) is -0.113. The minimum Gasteiger partial charge on any atom is -0.508 e. The fourth-order valence-corrected chi connectivity index (χ4v) is 3.73. The molecule has 144 valence electrons. The average molecular weight is 400 g/mol. The minimum absolute atomic E-state index is 0.0103. The third-order valence-corrected chi connectivity index (χ3v) is 5.03. The highest BCUT2D eigenvalue weighted by Gasteiger charge is 2.42. The van der Waals surface area contributed by atoms with Gasteiger partial charge in [0.1, 0.15) is 22.9 Å². The van der Waals surface area contributed by atoms with Crippen LogP contribution in [-0.4, -0.2) is 51.5 Å². The number of aromatic amines is 1. The van der Waals surface area contributed by atoms with Crippen molar-refractivity contribution in [3.63, 3.8) is 0 Å². The molecule has 3 N–H and O–H groups in total. The highest BCUT2D eigenvalue weighted by atomic mass is 35.5. The highest BCUT2D eigenvalue weighted by molar-refractivity contribution is 6.31. The van der Waals surface area contributed by atoms with Crippen molar-refractivity contribution >= 4 is 17.5 Å². The van der Waals surface area contributed by atoms with E-state index < -0.39 is 6.04 Å². The van der Waals surface area contributed by atoms with Crippen LogP contribution in [0.15, 0.2) is 42.5 Å². The number of nitrogens with one attached hydrogen (secondary N) is 1. The van der Waals surface area contributed by atoms with Gasteiger partial charge in [-0.2, -0.15) is 5.10 Å². The van der Waals surface area contributed by atoms with Crippen LogP contribution in [0.3, 0.4) is 0 Å². The van der Waals surface area contributed by atoms with Gasteiger partial charge in [0.25, 0.3) is 5.91 Å². The number of aromatic nitrogens is 2. The molecule has 0 fully saturated rings. The maximum absolute atomic E-state index is 13.0. The van der Waals surface area contributed by atoms with Crippen molar-refractivity contribution in [1.29, 1.82) is 0 Å². The second kappa shape index (κ2) is 7.18. The van der Waals surface area contributed by atoms with Gasteiger partial charge in [0.2, 0.25) is 0 Å². The Morgan fingerprint density at radius 3 is 2.82 bits per heavy atom. The number of H-pyrrole nitrogens is 1. The smallest absolute Gasteiger partial charge is 0.273 e. The number of carbonyl (C=O) groups is 1. The molecule has 8 heteroatoms. The van der Waals surface area contributed by atoms with Crippen molar-refractivity contribution in [2.24, 2.45) is 0 Å². The molecule has 3 aromatic rings. The number of benzene rings is 2. The van der Waals surface area contributed by atoms with E-state index in [4.69, 9.17) is 16.3 Å². The molecule has 1 unspecified atom stereocenters. The summed E-state index contributed by atoms with van der Waals surface area (Å²) in [7, 11) is 1.57. The Hall–Kier alpha value is -3.03. The molecule has 1 aliphatic heterocycles. The molecule has 0 saturated heterocycles. The molecule has 1 aliphatic rings. The molecular formula is C20H18ClN3O4. The lowest BCUT2D eigenvalue weighted by molar-refractivity contribution is 0.0677. The molecule has 0 radical (unpaired) electrons. The number of fused-ring (bicyclic) bond motifs is 1. The van der Waals surface area contributed by atoms with Gasteiger partial charge in [0, 0.05) is 29.8 Å². The standard InChI is InChI=1S/C20H18ClN3O4/c1-28-8-7-24-19(11-3-2-4-13(25)9-11)16-17(22-23-18(16)20(24)27)14-10-12(21)5-6-15(14)26/h2-6,9-10,19,25-26H,7-8H2,1H3,(H,22,23). The summed E-state index contributed by atoms with van der Waals surface area (Å²) in [5, 5.41) is 27.8. The summed E-state index contributed by atoms with van der Waals surface area (Å²) >= 11 is 6.11. The van der Waals surface area contributed by atoms with E-state index >= 15 is 0 Å². The van der Waals surface area contributed by atoms with E-state index in [1.807, 2.05) is 6.07 Å². The zero-order valence-corrected chi connectivity index (χ0v) is 15.8. The number of methoxy groups -OCH3 is 1. The number of hydrogen-bond donors (Lipinski definition) is 3. The van der Waals surface area contributed by atoms with Crippen molar-refractivity contribution in [2.45, 2.75) is 6.04 Å². The zero-order valence-electron chi connectivity index (χ0n) is 15.0. The molecule has 0 bridgehead atoms. The van der Waals surface area contributed by atoms with Gasteiger partial charge in [0.05, 0.1) is 12.6 Å². The van der Waals surface area contributed by atoms with E-state index in [-0.39, 0.29) is 17.4 Å². The Kier molecular flexibility index (Phi) is 4.70. The van der Waals surface area contributed by atoms with Crippen LogP contribution < -0.4 is 0 Å². The molecule has 0 aliphatic carbocycles. The fourth-order valence-electron chi connectivity index (χ4n) is 3.56. The second-order valence-corrected chi connectivity index (χ2v) is 6.95. The molecule has 1 atom stereocenters. The predicted molar refractivity (Wildman–Crippen MR) is 104 cm³/mol. The molecule has 28 heavy (non-hydrogen) atoms. The van der Waals surface area contributed by atoms with Crippen molar-refractivity contribution in [1.82, 2.24) is 15.1 Å². The number of nitrogens with zero attached hydrogens (tertiary/aromatic N) is 2. The topological polar surface area (TPSA) is 98.7 Å². The third kappa shape index (κ3) is 2.98. The van der Waals surface area contributed by atoms with Crippen molar-refractivity contribution in [2.75, 3.05) is 20.3 Å². The summed E-state index contributed by atoms with van der Waals surface area (Å²) in [6.07, 6.45) is 0. The molecular weight excluding hydrogens is 382 g/mol. The number of halogens is 1. The molecule has 4 rings (SSSR count). The number of rotatable bonds is 5. The quantitative estimate of drug-likeness (QED) is 0.611. The molecule has 7 nitrogen and oxygen atoms in total. The summed E-state index contributed by atoms with van der Waals surface area (Å²) in [4.78, 5) is 14.7. The van der Waals surface area contributed by atoms with E-state index in [9.17, 15) is 15.0 Å². The molecule has 0 spiro atoms. The Balaban J connectivity index is 1.91. The van der Waals surface area contributed by atoms with Gasteiger partial charge in [-0.1, -0.05) is 23.7 Å². The van der Waals surface area contributed by atoms with E-state index in [0.717, 1.165) is 5.56 Å². The molecule has 1 amide bonds.